The van der Waals surface area contributed by atoms with Gasteiger partial charge < -0.3 is 20.3 Å². The number of hydrazone groups is 2. The summed E-state index contributed by atoms with van der Waals surface area (Å²) in [5.41, 5.74) is 6.35. The molecule has 0 saturated heterocycles. The van der Waals surface area contributed by atoms with E-state index < -0.39 is 18.0 Å². The molecule has 0 radical (unpaired) electrons. The summed E-state index contributed by atoms with van der Waals surface area (Å²) in [6.45, 7) is 7.09. The standard InChI is InChI=1S/C29H47N7O6/c1-3-5-7-16-35(21-27(38)39)17-18-36(15-4-2)25(29(40)41)12-13-26(37)30-14-6-8-19-42-24-11-9-10-23(20-24)28-33-31-22-32-34-28/h9-11,20,22,25H,3-8,12-19,21H2,1-2H3,(H,30,37)(H,31,32)(H,33,34)(H,38,39)(H,40,41). The fourth-order valence-electron chi connectivity index (χ4n) is 4.59. The van der Waals surface area contributed by atoms with Crippen molar-refractivity contribution in [3.05, 3.63) is 29.8 Å². The highest BCUT2D eigenvalue weighted by molar-refractivity contribution is 6.00. The lowest BCUT2D eigenvalue weighted by atomic mass is 10.1. The number of nitrogens with one attached hydrogen (secondary N) is 3. The lowest BCUT2D eigenvalue weighted by Gasteiger charge is -2.31. The van der Waals surface area contributed by atoms with Crippen molar-refractivity contribution in [3.63, 3.8) is 0 Å². The van der Waals surface area contributed by atoms with E-state index in [-0.39, 0.29) is 25.3 Å². The first-order valence-electron chi connectivity index (χ1n) is 14.9. The number of carbonyl (C=O) groups excluding carboxylic acids is 1. The number of aliphatic carboxylic acids is 2. The largest absolute Gasteiger partial charge is 0.494 e. The van der Waals surface area contributed by atoms with Crippen molar-refractivity contribution in [1.82, 2.24) is 26.0 Å². The third-order valence-electron chi connectivity index (χ3n) is 6.76. The molecule has 2 rings (SSSR count). The second-order valence-corrected chi connectivity index (χ2v) is 10.2. The molecule has 13 heteroatoms. The summed E-state index contributed by atoms with van der Waals surface area (Å²) in [5.74, 6) is -0.745. The number of amides is 1. The van der Waals surface area contributed by atoms with Crippen LogP contribution in [0.2, 0.25) is 0 Å². The molecule has 0 bridgehead atoms. The number of carboxylic acids is 2. The van der Waals surface area contributed by atoms with Gasteiger partial charge in [0.05, 0.1) is 13.2 Å². The first-order valence-corrected chi connectivity index (χ1v) is 14.9. The van der Waals surface area contributed by atoms with E-state index in [0.717, 1.165) is 44.1 Å². The number of rotatable bonds is 23. The van der Waals surface area contributed by atoms with Crippen LogP contribution < -0.4 is 20.9 Å². The molecule has 1 aliphatic rings. The summed E-state index contributed by atoms with van der Waals surface area (Å²) in [6.07, 6.45) is 6.93. The topological polar surface area (TPSA) is 168 Å². The average Bonchev–Trinajstić information content (AvgIpc) is 2.97. The van der Waals surface area contributed by atoms with Crippen molar-refractivity contribution >= 4 is 30.0 Å². The molecule has 234 valence electrons. The normalized spacial score (nSPS) is 13.3. The van der Waals surface area contributed by atoms with Crippen molar-refractivity contribution in [2.75, 3.05) is 45.9 Å². The Balaban J connectivity index is 1.72. The summed E-state index contributed by atoms with van der Waals surface area (Å²) < 4.78 is 5.83. The SMILES string of the molecule is CCCCCN(CCN(CCC)C(CCC(=O)NCCCCOc1cccc(C2=NNC=NN2)c1)C(=O)O)CC(=O)O. The Morgan fingerprint density at radius 1 is 1.02 bits per heavy atom. The monoisotopic (exact) mass is 589 g/mol. The highest BCUT2D eigenvalue weighted by Crippen LogP contribution is 2.15. The van der Waals surface area contributed by atoms with Gasteiger partial charge in [-0.15, -0.1) is 0 Å². The molecule has 13 nitrogen and oxygen atoms in total. The maximum absolute atomic E-state index is 12.5. The van der Waals surface area contributed by atoms with Crippen LogP contribution >= 0.6 is 0 Å². The Morgan fingerprint density at radius 3 is 2.55 bits per heavy atom. The Morgan fingerprint density at radius 2 is 1.86 bits per heavy atom. The minimum atomic E-state index is -0.969. The van der Waals surface area contributed by atoms with Gasteiger partial charge >= 0.3 is 11.9 Å². The van der Waals surface area contributed by atoms with Crippen molar-refractivity contribution in [2.24, 2.45) is 10.2 Å². The van der Waals surface area contributed by atoms with Crippen LogP contribution in [0.1, 0.15) is 70.8 Å². The van der Waals surface area contributed by atoms with Crippen LogP contribution in [0.15, 0.2) is 34.5 Å². The molecular weight excluding hydrogens is 542 g/mol. The highest BCUT2D eigenvalue weighted by atomic mass is 16.5. The Bertz CT molecular complexity index is 1040. The minimum Gasteiger partial charge on any atom is -0.494 e. The molecule has 5 N–H and O–H groups in total. The lowest BCUT2D eigenvalue weighted by molar-refractivity contribution is -0.144. The number of ether oxygens (including phenoxy) is 1. The van der Waals surface area contributed by atoms with E-state index >= 15 is 0 Å². The fraction of sp³-hybridized carbons (Fsp3) is 0.621. The quantitative estimate of drug-likeness (QED) is 0.119. The molecule has 0 fully saturated rings. The van der Waals surface area contributed by atoms with Crippen molar-refractivity contribution < 1.29 is 29.3 Å². The van der Waals surface area contributed by atoms with Gasteiger partial charge in [-0.2, -0.15) is 10.2 Å². The third kappa shape index (κ3) is 13.8. The van der Waals surface area contributed by atoms with Crippen molar-refractivity contribution in [1.29, 1.82) is 0 Å². The summed E-state index contributed by atoms with van der Waals surface area (Å²) in [4.78, 5) is 39.6. The molecular formula is C29H47N7O6. The van der Waals surface area contributed by atoms with Gasteiger partial charge in [-0.25, -0.2) is 0 Å². The number of hydrogen-bond donors (Lipinski definition) is 5. The smallest absolute Gasteiger partial charge is 0.320 e. The molecule has 0 spiro atoms. The second-order valence-electron chi connectivity index (χ2n) is 10.2. The zero-order valence-electron chi connectivity index (χ0n) is 24.9. The molecule has 1 aromatic rings. The summed E-state index contributed by atoms with van der Waals surface area (Å²) >= 11 is 0. The maximum Gasteiger partial charge on any atom is 0.320 e. The van der Waals surface area contributed by atoms with Crippen molar-refractivity contribution in [3.8, 4) is 5.75 Å². The van der Waals surface area contributed by atoms with Gasteiger partial charge in [-0.3, -0.25) is 35.0 Å². The number of carboxylic acid groups (broad SMARTS) is 2. The van der Waals surface area contributed by atoms with E-state index in [0.29, 0.717) is 50.9 Å². The van der Waals surface area contributed by atoms with E-state index in [1.54, 1.807) is 0 Å². The van der Waals surface area contributed by atoms with Crippen LogP contribution in [-0.4, -0.2) is 102 Å². The molecule has 1 atom stereocenters. The van der Waals surface area contributed by atoms with Crippen molar-refractivity contribution in [2.45, 2.75) is 71.3 Å². The molecule has 1 amide bonds. The van der Waals surface area contributed by atoms with Gasteiger partial charge in [0.25, 0.3) is 0 Å². The van der Waals surface area contributed by atoms with E-state index in [4.69, 9.17) is 4.74 Å². The lowest BCUT2D eigenvalue weighted by Crippen LogP contribution is -2.46. The Hall–Kier alpha value is -3.71. The molecule has 0 aliphatic carbocycles. The van der Waals surface area contributed by atoms with Crippen LogP contribution in [0.5, 0.6) is 5.75 Å². The van der Waals surface area contributed by atoms with Crippen LogP contribution in [0.4, 0.5) is 0 Å². The van der Waals surface area contributed by atoms with Gasteiger partial charge in [0.15, 0.2) is 5.84 Å². The predicted molar refractivity (Wildman–Crippen MR) is 162 cm³/mol. The summed E-state index contributed by atoms with van der Waals surface area (Å²) in [5, 5.41) is 30.1. The number of carbonyl (C=O) groups is 3. The van der Waals surface area contributed by atoms with E-state index in [2.05, 4.69) is 33.3 Å². The predicted octanol–water partition coefficient (Wildman–Crippen LogP) is 2.28. The maximum atomic E-state index is 12.5. The van der Waals surface area contributed by atoms with Gasteiger partial charge in [0.2, 0.25) is 5.91 Å². The van der Waals surface area contributed by atoms with Crippen LogP contribution in [-0.2, 0) is 14.4 Å². The molecule has 0 saturated carbocycles. The molecule has 1 unspecified atom stereocenters. The number of unbranched alkanes of at least 4 members (excludes halogenated alkanes) is 3. The van der Waals surface area contributed by atoms with Crippen LogP contribution in [0, 0.1) is 0 Å². The Labute approximate surface area is 248 Å². The number of nitrogens with zero attached hydrogens (tertiary/aromatic N) is 4. The van der Waals surface area contributed by atoms with Crippen LogP contribution in [0.3, 0.4) is 0 Å². The average molecular weight is 590 g/mol. The minimum absolute atomic E-state index is 0.0677. The first kappa shape index (κ1) is 34.5. The highest BCUT2D eigenvalue weighted by Gasteiger charge is 2.26. The second kappa shape index (κ2) is 20.2. The van der Waals surface area contributed by atoms with E-state index in [1.165, 1.54) is 6.34 Å². The summed E-state index contributed by atoms with van der Waals surface area (Å²) in [6, 6.07) is 6.70. The van der Waals surface area contributed by atoms with E-state index in [9.17, 15) is 24.6 Å². The van der Waals surface area contributed by atoms with Crippen LogP contribution in [0.25, 0.3) is 0 Å². The molecule has 42 heavy (non-hydrogen) atoms. The molecule has 1 aliphatic heterocycles. The van der Waals surface area contributed by atoms with Gasteiger partial charge in [0.1, 0.15) is 18.1 Å². The van der Waals surface area contributed by atoms with Gasteiger partial charge in [-0.05, 0) is 57.3 Å². The zero-order chi connectivity index (χ0) is 30.6. The molecule has 0 aromatic heterocycles. The van der Waals surface area contributed by atoms with Gasteiger partial charge in [0, 0.05) is 31.6 Å². The third-order valence-corrected chi connectivity index (χ3v) is 6.76. The van der Waals surface area contributed by atoms with E-state index in [1.807, 2.05) is 41.0 Å². The van der Waals surface area contributed by atoms with Gasteiger partial charge in [-0.1, -0.05) is 38.8 Å². The fourth-order valence-corrected chi connectivity index (χ4v) is 4.59. The first-order chi connectivity index (χ1) is 20.3. The molecule has 1 aromatic carbocycles. The number of amidine groups is 1. The summed E-state index contributed by atoms with van der Waals surface area (Å²) in [7, 11) is 0. The zero-order valence-corrected chi connectivity index (χ0v) is 24.9. The number of benzene rings is 1. The molecule has 1 heterocycles. The number of hydrogen-bond acceptors (Lipinski definition) is 10. The Kier molecular flexibility index (Phi) is 16.6.